The van der Waals surface area contributed by atoms with E-state index >= 15 is 0 Å². The Morgan fingerprint density at radius 3 is 2.28 bits per heavy atom. The molecule has 0 spiro atoms. The van der Waals surface area contributed by atoms with Gasteiger partial charge in [0.2, 0.25) is 10.0 Å². The first-order valence-corrected chi connectivity index (χ1v) is 21.6. The lowest BCUT2D eigenvalue weighted by Crippen LogP contribution is -2.26. The molecule has 5 atom stereocenters. The molecule has 1 heterocycles. The second-order valence-corrected chi connectivity index (χ2v) is 17.2. The van der Waals surface area contributed by atoms with E-state index in [2.05, 4.69) is 48.1 Å². The van der Waals surface area contributed by atoms with Crippen LogP contribution in [0, 0.1) is 11.8 Å². The Balaban J connectivity index is 1.90. The molecule has 58 heavy (non-hydrogen) atoms. The van der Waals surface area contributed by atoms with Gasteiger partial charge in [-0.3, -0.25) is 0 Å². The van der Waals surface area contributed by atoms with Crippen molar-refractivity contribution in [2.45, 2.75) is 90.9 Å². The summed E-state index contributed by atoms with van der Waals surface area (Å²) in [6, 6.07) is 11.0. The number of esters is 1. The van der Waals surface area contributed by atoms with Crippen LogP contribution in [0.5, 0.6) is 0 Å². The van der Waals surface area contributed by atoms with Crippen LogP contribution in [-0.2, 0) is 29.0 Å². The van der Waals surface area contributed by atoms with Gasteiger partial charge in [0.15, 0.2) is 0 Å². The highest BCUT2D eigenvalue weighted by Crippen LogP contribution is 2.30. The van der Waals surface area contributed by atoms with Crippen LogP contribution in [0.25, 0.3) is 10.8 Å². The topological polar surface area (TPSA) is 94.2 Å². The number of ether oxygens (including phenoxy) is 3. The predicted molar refractivity (Wildman–Crippen MR) is 242 cm³/mol. The van der Waals surface area contributed by atoms with Gasteiger partial charge in [0.05, 0.1) is 17.1 Å². The fraction of sp³-hybridized carbons (Fsp3) is 0.408. The van der Waals surface area contributed by atoms with Crippen molar-refractivity contribution in [2.75, 3.05) is 39.8 Å². The number of sulfonamides is 1. The number of carbonyl (C=O) groups excluding carboxylic acids is 1. The molecule has 2 aromatic rings. The first-order chi connectivity index (χ1) is 27.6. The van der Waals surface area contributed by atoms with E-state index in [1.807, 2.05) is 120 Å². The van der Waals surface area contributed by atoms with Gasteiger partial charge in [-0.1, -0.05) is 134 Å². The summed E-state index contributed by atoms with van der Waals surface area (Å²) >= 11 is 0. The molecule has 1 aliphatic rings. The molecule has 0 bridgehead atoms. The third-order valence-corrected chi connectivity index (χ3v) is 11.5. The van der Waals surface area contributed by atoms with Crippen LogP contribution in [0.2, 0.25) is 0 Å². The Morgan fingerprint density at radius 1 is 0.879 bits per heavy atom. The number of methoxy groups -OCH3 is 2. The number of cyclic esters (lactones) is 1. The molecule has 1 N–H and O–H groups in total. The highest BCUT2D eigenvalue weighted by atomic mass is 32.2. The van der Waals surface area contributed by atoms with E-state index < -0.39 is 22.1 Å². The zero-order chi connectivity index (χ0) is 42.8. The monoisotopic (exact) mass is 810 g/mol. The van der Waals surface area contributed by atoms with Crippen molar-refractivity contribution >= 4 is 32.5 Å². The van der Waals surface area contributed by atoms with Crippen molar-refractivity contribution in [3.63, 3.8) is 0 Å². The normalized spacial score (nSPS) is 27.7. The second-order valence-electron chi connectivity index (χ2n) is 15.4. The number of nitrogens with zero attached hydrogens (tertiary/aromatic N) is 1. The molecule has 0 aromatic heterocycles. The molecule has 1 aliphatic heterocycles. The zero-order valence-corrected chi connectivity index (χ0v) is 37.3. The second kappa shape index (κ2) is 23.8. The average molecular weight is 811 g/mol. The molecule has 0 saturated heterocycles. The van der Waals surface area contributed by atoms with Gasteiger partial charge >= 0.3 is 5.97 Å². The Morgan fingerprint density at radius 2 is 1.57 bits per heavy atom. The molecular formula is C49H66N2O6S. The molecule has 0 amide bonds. The molecule has 0 unspecified atom stereocenters. The number of hydrogen-bond donors (Lipinski definition) is 1. The largest absolute Gasteiger partial charge is 0.454 e. The van der Waals surface area contributed by atoms with Gasteiger partial charge in [-0.2, -0.15) is 0 Å². The van der Waals surface area contributed by atoms with E-state index in [1.54, 1.807) is 33.3 Å². The van der Waals surface area contributed by atoms with E-state index in [-0.39, 0.29) is 35.5 Å². The first-order valence-electron chi connectivity index (χ1n) is 20.1. The number of benzene rings is 2. The smallest absolute Gasteiger partial charge is 0.334 e. The highest BCUT2D eigenvalue weighted by Gasteiger charge is 2.23. The summed E-state index contributed by atoms with van der Waals surface area (Å²) in [6.07, 6.45) is 28.2. The fourth-order valence-corrected chi connectivity index (χ4v) is 7.88. The Kier molecular flexibility index (Phi) is 19.6. The lowest BCUT2D eigenvalue weighted by atomic mass is 9.96. The number of fused-ring (bicyclic) bond motifs is 1. The minimum atomic E-state index is -3.82. The molecule has 0 aliphatic carbocycles. The Hall–Kier alpha value is -4.54. The minimum Gasteiger partial charge on any atom is -0.454 e. The zero-order valence-electron chi connectivity index (χ0n) is 36.5. The van der Waals surface area contributed by atoms with E-state index in [0.717, 1.165) is 47.1 Å². The molecule has 2 aromatic carbocycles. The summed E-state index contributed by atoms with van der Waals surface area (Å²) < 4.78 is 47.6. The van der Waals surface area contributed by atoms with Crippen molar-refractivity contribution in [3.05, 3.63) is 143 Å². The number of nitrogens with one attached hydrogen (secondary N) is 1. The summed E-state index contributed by atoms with van der Waals surface area (Å²) in [7, 11) is 3.49. The maximum Gasteiger partial charge on any atom is 0.334 e. The van der Waals surface area contributed by atoms with Crippen molar-refractivity contribution < 1.29 is 27.4 Å². The molecule has 8 nitrogen and oxygen atoms in total. The van der Waals surface area contributed by atoms with Crippen LogP contribution in [0.4, 0.5) is 5.69 Å². The maximum absolute atomic E-state index is 13.6. The van der Waals surface area contributed by atoms with Gasteiger partial charge in [0, 0.05) is 62.8 Å². The van der Waals surface area contributed by atoms with Gasteiger partial charge in [-0.15, -0.1) is 0 Å². The molecule has 314 valence electrons. The number of rotatable bonds is 9. The summed E-state index contributed by atoms with van der Waals surface area (Å²) in [6.45, 7) is 13.9. The average Bonchev–Trinajstić information content (AvgIpc) is 3.19. The van der Waals surface area contributed by atoms with Crippen molar-refractivity contribution in [1.82, 2.24) is 4.72 Å². The molecular weight excluding hydrogens is 745 g/mol. The Bertz CT molecular complexity index is 2080. The van der Waals surface area contributed by atoms with Crippen LogP contribution in [-0.4, -0.2) is 67.6 Å². The molecule has 3 rings (SSSR count). The number of anilines is 1. The van der Waals surface area contributed by atoms with Crippen LogP contribution in [0.15, 0.2) is 148 Å². The van der Waals surface area contributed by atoms with E-state index in [9.17, 15) is 13.2 Å². The fourth-order valence-electron chi connectivity index (χ4n) is 6.58. The Labute approximate surface area is 349 Å². The summed E-state index contributed by atoms with van der Waals surface area (Å²) in [5.41, 5.74) is 5.35. The number of hydrogen-bond acceptors (Lipinski definition) is 7. The molecule has 0 fully saturated rings. The maximum atomic E-state index is 13.6. The molecule has 9 heteroatoms. The molecule has 0 saturated carbocycles. The quantitative estimate of drug-likeness (QED) is 0.199. The van der Waals surface area contributed by atoms with Crippen LogP contribution in [0.1, 0.15) is 67.7 Å². The van der Waals surface area contributed by atoms with Crippen LogP contribution < -0.4 is 9.62 Å². The van der Waals surface area contributed by atoms with E-state index in [0.29, 0.717) is 11.0 Å². The lowest BCUT2D eigenvalue weighted by Gasteiger charge is -2.23. The van der Waals surface area contributed by atoms with E-state index in [4.69, 9.17) is 14.2 Å². The van der Waals surface area contributed by atoms with Crippen LogP contribution >= 0.6 is 0 Å². The summed E-state index contributed by atoms with van der Waals surface area (Å²) in [5.74, 6) is -0.587. The number of allylic oxidation sites excluding steroid dienone is 11. The summed E-state index contributed by atoms with van der Waals surface area (Å²) in [4.78, 5) is 15.8. The van der Waals surface area contributed by atoms with Crippen molar-refractivity contribution in [1.29, 1.82) is 0 Å². The predicted octanol–water partition coefficient (Wildman–Crippen LogP) is 10.5. The van der Waals surface area contributed by atoms with Gasteiger partial charge in [-0.25, -0.2) is 17.9 Å². The minimum absolute atomic E-state index is 0.0142. The van der Waals surface area contributed by atoms with E-state index in [1.165, 1.54) is 5.57 Å². The van der Waals surface area contributed by atoms with Gasteiger partial charge in [-0.05, 0) is 77.5 Å². The van der Waals surface area contributed by atoms with Gasteiger partial charge in [0.1, 0.15) is 6.10 Å². The third-order valence-electron chi connectivity index (χ3n) is 10.0. The van der Waals surface area contributed by atoms with Crippen molar-refractivity contribution in [3.8, 4) is 0 Å². The van der Waals surface area contributed by atoms with Crippen molar-refractivity contribution in [2.24, 2.45) is 11.8 Å². The SMILES string of the molecule is CO[C@@H]1/C=C(C)/C=C/[C@@H](C)/C=C(\C)C(=O)O[C@H](/C(C)=C/C=C(\C)CNS(=O)(=O)c2cccc3c(N(C)C)cccc23)[C@@H](C)/C=C/C=C/[C@@H](OC)CC/C=C(C)\C=C\C1. The highest BCUT2D eigenvalue weighted by molar-refractivity contribution is 7.89. The first kappa shape index (κ1) is 47.8. The summed E-state index contributed by atoms with van der Waals surface area (Å²) in [5, 5.41) is 1.53. The lowest BCUT2D eigenvalue weighted by molar-refractivity contribution is -0.143. The number of carbonyl (C=O) groups is 1. The van der Waals surface area contributed by atoms with Crippen LogP contribution in [0.3, 0.4) is 0 Å². The standard InChI is InChI=1S/C49H66N2O6S/c1-35-18-14-22-42(55-10)21-13-12-20-39(5)48(57-49(52)41(7)32-36(2)28-29-37(3)33-43(56-11)23-15-19-35)40(6)31-30-38(4)34-50-58(53,54)47-27-17-24-44-45(47)25-16-26-46(44)51(8)9/h12-13,15-21,24-33,36,39,42-43,48,50H,14,22-23,34H2,1-11H3/b19-15+,20-12+,21-13+,29-28+,35-18-,37-33+,38-30+,40-31+,41-32+/t36-,39+,42-,43+,48+/m1/s1. The third kappa shape index (κ3) is 15.3. The van der Waals surface area contributed by atoms with Gasteiger partial charge in [0.25, 0.3) is 0 Å². The van der Waals surface area contributed by atoms with Gasteiger partial charge < -0.3 is 19.1 Å². The molecule has 0 radical (unpaired) electrons.